The quantitative estimate of drug-likeness (QED) is 0.696. The van der Waals surface area contributed by atoms with E-state index < -0.39 is 0 Å². The van der Waals surface area contributed by atoms with Crippen LogP contribution in [0.5, 0.6) is 0 Å². The van der Waals surface area contributed by atoms with Crippen molar-refractivity contribution in [3.8, 4) is 0 Å². The van der Waals surface area contributed by atoms with Crippen LogP contribution in [0.3, 0.4) is 0 Å². The summed E-state index contributed by atoms with van der Waals surface area (Å²) in [6.07, 6.45) is 0. The van der Waals surface area contributed by atoms with Gasteiger partial charge in [0.1, 0.15) is 12.4 Å². The topological polar surface area (TPSA) is 65.5 Å². The zero-order chi connectivity index (χ0) is 13.1. The van der Waals surface area contributed by atoms with E-state index in [0.717, 1.165) is 4.47 Å². The van der Waals surface area contributed by atoms with Crippen LogP contribution in [-0.4, -0.2) is 12.9 Å². The number of anilines is 1. The Hall–Kier alpha value is -1.59. The summed E-state index contributed by atoms with van der Waals surface area (Å²) in [5, 5.41) is 0. The number of hydrogen-bond acceptors (Lipinski definition) is 4. The smallest absolute Gasteiger partial charge is 0.228 e. The molecule has 2 N–H and O–H groups in total. The zero-order valence-electron chi connectivity index (χ0n) is 9.77. The maximum atomic E-state index is 12.1. The summed E-state index contributed by atoms with van der Waals surface area (Å²) in [5.41, 5.74) is 6.75. The van der Waals surface area contributed by atoms with E-state index >= 15 is 0 Å². The molecule has 0 unspecified atom stereocenters. The maximum absolute atomic E-state index is 12.1. The molecule has 94 valence electrons. The fourth-order valence-electron chi connectivity index (χ4n) is 1.55. The van der Waals surface area contributed by atoms with Crippen molar-refractivity contribution in [1.29, 1.82) is 0 Å². The molecule has 2 rings (SSSR count). The van der Waals surface area contributed by atoms with Crippen molar-refractivity contribution in [3.05, 3.63) is 51.9 Å². The second-order valence-electron chi connectivity index (χ2n) is 3.76. The molecule has 0 amide bonds. The molecule has 0 aliphatic heterocycles. The van der Waals surface area contributed by atoms with Crippen LogP contribution in [0.2, 0.25) is 0 Å². The molecule has 0 aliphatic rings. The van der Waals surface area contributed by atoms with Gasteiger partial charge in [-0.15, -0.1) is 0 Å². The summed E-state index contributed by atoms with van der Waals surface area (Å²) in [6.45, 7) is 0.343. The van der Waals surface area contributed by atoms with Crippen LogP contribution in [0.1, 0.15) is 21.9 Å². The van der Waals surface area contributed by atoms with Gasteiger partial charge in [0.25, 0.3) is 0 Å². The summed E-state index contributed by atoms with van der Waals surface area (Å²) < 4.78 is 11.1. The van der Waals surface area contributed by atoms with Crippen LogP contribution in [-0.2, 0) is 11.3 Å². The molecule has 5 heteroatoms. The molecule has 0 fully saturated rings. The molecule has 18 heavy (non-hydrogen) atoms. The number of nitrogen functional groups attached to an aromatic ring is 1. The molecule has 1 aromatic carbocycles. The molecule has 0 radical (unpaired) electrons. The first-order chi connectivity index (χ1) is 8.61. The van der Waals surface area contributed by atoms with E-state index in [9.17, 15) is 4.79 Å². The van der Waals surface area contributed by atoms with E-state index in [2.05, 4.69) is 15.9 Å². The lowest BCUT2D eigenvalue weighted by Gasteiger charge is -2.01. The van der Waals surface area contributed by atoms with Gasteiger partial charge < -0.3 is 14.9 Å². The SMILES string of the molecule is COCc1ccc(C(=O)c2ccc(Br)c(N)c2)o1. The highest BCUT2D eigenvalue weighted by Crippen LogP contribution is 2.22. The molecular formula is C13H12BrNO3. The van der Waals surface area contributed by atoms with Gasteiger partial charge in [0.15, 0.2) is 5.76 Å². The lowest BCUT2D eigenvalue weighted by molar-refractivity contribution is 0.1000. The van der Waals surface area contributed by atoms with Gasteiger partial charge in [0.05, 0.1) is 0 Å². The molecule has 1 heterocycles. The Morgan fingerprint density at radius 2 is 2.17 bits per heavy atom. The minimum absolute atomic E-state index is 0.198. The van der Waals surface area contributed by atoms with Crippen LogP contribution in [0.15, 0.2) is 39.2 Å². The third-order valence-electron chi connectivity index (χ3n) is 2.43. The number of nitrogens with two attached hydrogens (primary N) is 1. The summed E-state index contributed by atoms with van der Waals surface area (Å²) in [5.74, 6) is 0.700. The third-order valence-corrected chi connectivity index (χ3v) is 3.15. The number of methoxy groups -OCH3 is 1. The first kappa shape index (κ1) is 12.9. The number of ether oxygens (including phenoxy) is 1. The van der Waals surface area contributed by atoms with Gasteiger partial charge in [-0.2, -0.15) is 0 Å². The predicted octanol–water partition coefficient (Wildman–Crippen LogP) is 3.00. The summed E-state index contributed by atoms with van der Waals surface area (Å²) >= 11 is 3.28. The number of hydrogen-bond donors (Lipinski definition) is 1. The number of benzene rings is 1. The van der Waals surface area contributed by atoms with Gasteiger partial charge in [0.2, 0.25) is 5.78 Å². The van der Waals surface area contributed by atoms with Crippen molar-refractivity contribution in [2.45, 2.75) is 6.61 Å². The highest BCUT2D eigenvalue weighted by molar-refractivity contribution is 9.10. The van der Waals surface area contributed by atoms with Crippen LogP contribution in [0.4, 0.5) is 5.69 Å². The Balaban J connectivity index is 2.26. The molecule has 0 bridgehead atoms. The molecule has 0 atom stereocenters. The van der Waals surface area contributed by atoms with Gasteiger partial charge in [0, 0.05) is 22.8 Å². The van der Waals surface area contributed by atoms with E-state index in [4.69, 9.17) is 14.9 Å². The Morgan fingerprint density at radius 3 is 2.83 bits per heavy atom. The van der Waals surface area contributed by atoms with Crippen LogP contribution in [0, 0.1) is 0 Å². The van der Waals surface area contributed by atoms with E-state index in [1.54, 1.807) is 37.4 Å². The van der Waals surface area contributed by atoms with Crippen molar-refractivity contribution < 1.29 is 13.9 Å². The lowest BCUT2D eigenvalue weighted by atomic mass is 10.1. The lowest BCUT2D eigenvalue weighted by Crippen LogP contribution is -2.01. The fraction of sp³-hybridized carbons (Fsp3) is 0.154. The van der Waals surface area contributed by atoms with E-state index in [0.29, 0.717) is 23.6 Å². The van der Waals surface area contributed by atoms with Crippen molar-refractivity contribution in [2.75, 3.05) is 12.8 Å². The molecule has 0 saturated heterocycles. The van der Waals surface area contributed by atoms with E-state index in [1.807, 2.05) is 0 Å². The average Bonchev–Trinajstić information content (AvgIpc) is 2.81. The first-order valence-corrected chi connectivity index (χ1v) is 6.08. The third kappa shape index (κ3) is 2.63. The van der Waals surface area contributed by atoms with Crippen molar-refractivity contribution in [2.24, 2.45) is 0 Å². The number of carbonyl (C=O) groups excluding carboxylic acids is 1. The Bertz CT molecular complexity index is 577. The Labute approximate surface area is 113 Å². The number of rotatable bonds is 4. The molecule has 0 spiro atoms. The molecule has 2 aromatic rings. The Morgan fingerprint density at radius 1 is 1.39 bits per heavy atom. The number of halogens is 1. The standard InChI is InChI=1S/C13H12BrNO3/c1-17-7-9-3-5-12(18-9)13(16)8-2-4-10(14)11(15)6-8/h2-6H,7,15H2,1H3. The van der Waals surface area contributed by atoms with E-state index in [-0.39, 0.29) is 11.5 Å². The Kier molecular flexibility index (Phi) is 3.84. The minimum atomic E-state index is -0.198. The maximum Gasteiger partial charge on any atom is 0.228 e. The number of furan rings is 1. The molecule has 4 nitrogen and oxygen atoms in total. The van der Waals surface area contributed by atoms with Gasteiger partial charge in [-0.05, 0) is 46.3 Å². The molecule has 1 aromatic heterocycles. The highest BCUT2D eigenvalue weighted by Gasteiger charge is 2.14. The largest absolute Gasteiger partial charge is 0.455 e. The zero-order valence-corrected chi connectivity index (χ0v) is 11.4. The van der Waals surface area contributed by atoms with Gasteiger partial charge in [-0.25, -0.2) is 0 Å². The second-order valence-corrected chi connectivity index (χ2v) is 4.62. The second kappa shape index (κ2) is 5.37. The van der Waals surface area contributed by atoms with Gasteiger partial charge in [-0.3, -0.25) is 4.79 Å². The van der Waals surface area contributed by atoms with Gasteiger partial charge in [-0.1, -0.05) is 0 Å². The molecule has 0 aliphatic carbocycles. The number of carbonyl (C=O) groups is 1. The van der Waals surface area contributed by atoms with Gasteiger partial charge >= 0.3 is 0 Å². The van der Waals surface area contributed by atoms with E-state index in [1.165, 1.54) is 0 Å². The molecular weight excluding hydrogens is 298 g/mol. The predicted molar refractivity (Wildman–Crippen MR) is 71.4 cm³/mol. The number of ketones is 1. The van der Waals surface area contributed by atoms with Crippen LogP contribution in [0.25, 0.3) is 0 Å². The van der Waals surface area contributed by atoms with Crippen LogP contribution >= 0.6 is 15.9 Å². The highest BCUT2D eigenvalue weighted by atomic mass is 79.9. The van der Waals surface area contributed by atoms with Crippen molar-refractivity contribution in [3.63, 3.8) is 0 Å². The van der Waals surface area contributed by atoms with Crippen LogP contribution < -0.4 is 5.73 Å². The van der Waals surface area contributed by atoms with Crippen molar-refractivity contribution in [1.82, 2.24) is 0 Å². The fourth-order valence-corrected chi connectivity index (χ4v) is 1.79. The monoisotopic (exact) mass is 309 g/mol. The summed E-state index contributed by atoms with van der Waals surface area (Å²) in [6, 6.07) is 8.40. The average molecular weight is 310 g/mol. The normalized spacial score (nSPS) is 10.6. The van der Waals surface area contributed by atoms with Crippen molar-refractivity contribution >= 4 is 27.4 Å². The molecule has 0 saturated carbocycles. The first-order valence-electron chi connectivity index (χ1n) is 5.29. The summed E-state index contributed by atoms with van der Waals surface area (Å²) in [7, 11) is 1.57. The minimum Gasteiger partial charge on any atom is -0.455 e. The summed E-state index contributed by atoms with van der Waals surface area (Å²) in [4.78, 5) is 12.1.